The molecule has 1 amide bonds. The second kappa shape index (κ2) is 6.78. The van der Waals surface area contributed by atoms with E-state index in [0.717, 1.165) is 12.2 Å². The number of carbonyl (C=O) groups excluding carboxylic acids is 1. The van der Waals surface area contributed by atoms with Crippen molar-refractivity contribution in [2.75, 3.05) is 0 Å². The number of carbonyl (C=O) groups is 2. The van der Waals surface area contributed by atoms with Crippen LogP contribution >= 0.6 is 0 Å². The third kappa shape index (κ3) is 3.87. The van der Waals surface area contributed by atoms with Crippen LogP contribution in [0.2, 0.25) is 0 Å². The molecule has 1 atom stereocenters. The minimum Gasteiger partial charge on any atom is -0.480 e. The van der Waals surface area contributed by atoms with Crippen molar-refractivity contribution in [3.05, 3.63) is 18.2 Å². The summed E-state index contributed by atoms with van der Waals surface area (Å²) in [5.41, 5.74) is 0. The summed E-state index contributed by atoms with van der Waals surface area (Å²) in [6.07, 6.45) is 4.96. The van der Waals surface area contributed by atoms with Crippen LogP contribution in [0, 0.1) is 0 Å². The van der Waals surface area contributed by atoms with Crippen molar-refractivity contribution in [1.82, 2.24) is 14.9 Å². The maximum atomic E-state index is 11.6. The Labute approximate surface area is 106 Å². The number of carboxylic acid groups (broad SMARTS) is 1. The summed E-state index contributed by atoms with van der Waals surface area (Å²) >= 11 is 0. The number of nitrogens with one attached hydrogen (secondary N) is 1. The molecule has 0 fully saturated rings. The van der Waals surface area contributed by atoms with E-state index >= 15 is 0 Å². The van der Waals surface area contributed by atoms with Gasteiger partial charge in [-0.3, -0.25) is 4.79 Å². The summed E-state index contributed by atoms with van der Waals surface area (Å²) in [5.74, 6) is -0.323. The van der Waals surface area contributed by atoms with E-state index in [1.54, 1.807) is 13.1 Å². The second-order valence-corrected chi connectivity index (χ2v) is 4.01. The van der Waals surface area contributed by atoms with E-state index in [4.69, 9.17) is 5.11 Å². The van der Waals surface area contributed by atoms with Crippen LogP contribution in [0.15, 0.2) is 12.4 Å². The van der Waals surface area contributed by atoms with E-state index in [1.807, 2.05) is 17.7 Å². The summed E-state index contributed by atoms with van der Waals surface area (Å²) in [5, 5.41) is 11.3. The van der Waals surface area contributed by atoms with Crippen molar-refractivity contribution in [3.63, 3.8) is 0 Å². The number of amides is 1. The molecule has 0 saturated carbocycles. The average Bonchev–Trinajstić information content (AvgIpc) is 2.80. The third-order valence-corrected chi connectivity index (χ3v) is 2.74. The molecule has 0 aliphatic rings. The van der Waals surface area contributed by atoms with Gasteiger partial charge in [0.25, 0.3) is 0 Å². The van der Waals surface area contributed by atoms with Crippen molar-refractivity contribution >= 4 is 11.9 Å². The van der Waals surface area contributed by atoms with Gasteiger partial charge < -0.3 is 15.0 Å². The molecule has 1 heterocycles. The maximum Gasteiger partial charge on any atom is 0.326 e. The van der Waals surface area contributed by atoms with Crippen LogP contribution in [-0.4, -0.2) is 32.6 Å². The van der Waals surface area contributed by atoms with Crippen molar-refractivity contribution in [2.45, 2.75) is 45.7 Å². The number of imidazole rings is 1. The number of carboxylic acids is 1. The monoisotopic (exact) mass is 253 g/mol. The molecule has 0 saturated heterocycles. The van der Waals surface area contributed by atoms with Gasteiger partial charge in [0.05, 0.1) is 0 Å². The van der Waals surface area contributed by atoms with Gasteiger partial charge in [-0.25, -0.2) is 9.78 Å². The fourth-order valence-corrected chi connectivity index (χ4v) is 1.68. The Balaban J connectivity index is 2.44. The number of hydrogen-bond donors (Lipinski definition) is 2. The Morgan fingerprint density at radius 3 is 2.78 bits per heavy atom. The number of aliphatic carboxylic acids is 1. The van der Waals surface area contributed by atoms with Crippen LogP contribution in [0.4, 0.5) is 0 Å². The van der Waals surface area contributed by atoms with E-state index in [0.29, 0.717) is 13.0 Å². The molecule has 1 aromatic heterocycles. The van der Waals surface area contributed by atoms with E-state index < -0.39 is 12.0 Å². The lowest BCUT2D eigenvalue weighted by atomic mass is 10.2. The first kappa shape index (κ1) is 14.2. The topological polar surface area (TPSA) is 84.2 Å². The Morgan fingerprint density at radius 2 is 2.22 bits per heavy atom. The van der Waals surface area contributed by atoms with Crippen molar-refractivity contribution < 1.29 is 14.7 Å². The molecule has 0 aliphatic heterocycles. The van der Waals surface area contributed by atoms with Crippen LogP contribution < -0.4 is 5.32 Å². The summed E-state index contributed by atoms with van der Waals surface area (Å²) in [6, 6.07) is -0.800. The van der Waals surface area contributed by atoms with Crippen LogP contribution in [0.3, 0.4) is 0 Å². The first-order valence-electron chi connectivity index (χ1n) is 6.10. The van der Waals surface area contributed by atoms with Gasteiger partial charge in [-0.2, -0.15) is 0 Å². The fraction of sp³-hybridized carbons (Fsp3) is 0.583. The van der Waals surface area contributed by atoms with Gasteiger partial charge in [-0.1, -0.05) is 13.8 Å². The molecule has 0 radical (unpaired) electrons. The highest BCUT2D eigenvalue weighted by Gasteiger charge is 2.17. The molecule has 0 aliphatic carbocycles. The zero-order chi connectivity index (χ0) is 13.5. The fourth-order valence-electron chi connectivity index (χ4n) is 1.68. The molecule has 0 aromatic carbocycles. The lowest BCUT2D eigenvalue weighted by Crippen LogP contribution is -2.40. The van der Waals surface area contributed by atoms with Gasteiger partial charge in [0.15, 0.2) is 0 Å². The summed E-state index contributed by atoms with van der Waals surface area (Å²) < 4.78 is 1.90. The molecule has 1 rings (SSSR count). The Kier molecular flexibility index (Phi) is 5.35. The molecule has 6 nitrogen and oxygen atoms in total. The predicted octanol–water partition coefficient (Wildman–Crippen LogP) is 0.815. The van der Waals surface area contributed by atoms with E-state index in [-0.39, 0.29) is 12.3 Å². The SMILES string of the molecule is CCc1nccn1CCC(=O)N[C@H](CC)C(=O)O. The van der Waals surface area contributed by atoms with Gasteiger partial charge in [0.2, 0.25) is 5.91 Å². The Hall–Kier alpha value is -1.85. The van der Waals surface area contributed by atoms with Crippen LogP contribution in [0.1, 0.15) is 32.5 Å². The largest absolute Gasteiger partial charge is 0.480 e. The minimum atomic E-state index is -0.997. The summed E-state index contributed by atoms with van der Waals surface area (Å²) in [6.45, 7) is 4.24. The average molecular weight is 253 g/mol. The molecular formula is C12H19N3O3. The molecule has 2 N–H and O–H groups in total. The number of nitrogens with zero attached hydrogens (tertiary/aromatic N) is 2. The predicted molar refractivity (Wildman–Crippen MR) is 66.1 cm³/mol. The molecule has 18 heavy (non-hydrogen) atoms. The molecule has 0 spiro atoms. The van der Waals surface area contributed by atoms with Gasteiger partial charge in [-0.05, 0) is 6.42 Å². The van der Waals surface area contributed by atoms with E-state index in [9.17, 15) is 9.59 Å². The number of aryl methyl sites for hydroxylation is 2. The van der Waals surface area contributed by atoms with Crippen LogP contribution in [0.25, 0.3) is 0 Å². The van der Waals surface area contributed by atoms with Gasteiger partial charge in [0.1, 0.15) is 11.9 Å². The zero-order valence-corrected chi connectivity index (χ0v) is 10.7. The molecule has 0 unspecified atom stereocenters. The zero-order valence-electron chi connectivity index (χ0n) is 10.7. The smallest absolute Gasteiger partial charge is 0.326 e. The number of hydrogen-bond acceptors (Lipinski definition) is 3. The Morgan fingerprint density at radius 1 is 1.50 bits per heavy atom. The highest BCUT2D eigenvalue weighted by Crippen LogP contribution is 2.01. The number of aromatic nitrogens is 2. The van der Waals surface area contributed by atoms with Crippen LogP contribution in [0.5, 0.6) is 0 Å². The standard InChI is InChI=1S/C12H19N3O3/c1-3-9(12(17)18)14-11(16)5-7-15-8-6-13-10(15)4-2/h6,8-9H,3-5,7H2,1-2H3,(H,14,16)(H,17,18)/t9-/m1/s1. The third-order valence-electron chi connectivity index (χ3n) is 2.74. The van der Waals surface area contributed by atoms with Gasteiger partial charge in [0, 0.05) is 31.8 Å². The molecule has 6 heteroatoms. The normalized spacial score (nSPS) is 12.1. The van der Waals surface area contributed by atoms with Crippen LogP contribution in [-0.2, 0) is 22.6 Å². The summed E-state index contributed by atoms with van der Waals surface area (Å²) in [4.78, 5) is 26.5. The lowest BCUT2D eigenvalue weighted by molar-refractivity contribution is -0.141. The van der Waals surface area contributed by atoms with Gasteiger partial charge >= 0.3 is 5.97 Å². The highest BCUT2D eigenvalue weighted by molar-refractivity contribution is 5.83. The molecule has 1 aromatic rings. The molecular weight excluding hydrogens is 234 g/mol. The second-order valence-electron chi connectivity index (χ2n) is 4.01. The maximum absolute atomic E-state index is 11.6. The highest BCUT2D eigenvalue weighted by atomic mass is 16.4. The number of rotatable bonds is 7. The quantitative estimate of drug-likeness (QED) is 0.753. The van der Waals surface area contributed by atoms with Gasteiger partial charge in [-0.15, -0.1) is 0 Å². The van der Waals surface area contributed by atoms with Crippen molar-refractivity contribution in [2.24, 2.45) is 0 Å². The van der Waals surface area contributed by atoms with Crippen molar-refractivity contribution in [1.29, 1.82) is 0 Å². The Bertz CT molecular complexity index is 414. The van der Waals surface area contributed by atoms with E-state index in [2.05, 4.69) is 10.3 Å². The lowest BCUT2D eigenvalue weighted by Gasteiger charge is -2.12. The summed E-state index contributed by atoms with van der Waals surface area (Å²) in [7, 11) is 0. The van der Waals surface area contributed by atoms with Crippen molar-refractivity contribution in [3.8, 4) is 0 Å². The molecule has 0 bridgehead atoms. The first-order valence-corrected chi connectivity index (χ1v) is 6.10. The first-order chi connectivity index (χ1) is 8.58. The minimum absolute atomic E-state index is 0.250. The van der Waals surface area contributed by atoms with E-state index in [1.165, 1.54) is 0 Å². The molecule has 100 valence electrons.